The maximum atomic E-state index is 12.7. The summed E-state index contributed by atoms with van der Waals surface area (Å²) in [6, 6.07) is 3.80. The number of amides is 1. The van der Waals surface area contributed by atoms with E-state index in [1.165, 1.54) is 17.4 Å². The van der Waals surface area contributed by atoms with E-state index < -0.39 is 16.1 Å². The number of hydrogen-bond acceptors (Lipinski definition) is 6. The molecular formula is C16H20ClN3O3S3. The predicted molar refractivity (Wildman–Crippen MR) is 107 cm³/mol. The first-order chi connectivity index (χ1) is 12.3. The van der Waals surface area contributed by atoms with Gasteiger partial charge in [0.05, 0.1) is 22.6 Å². The third-order valence-electron chi connectivity index (χ3n) is 3.66. The second-order valence-electron chi connectivity index (χ2n) is 5.52. The van der Waals surface area contributed by atoms with Gasteiger partial charge in [0.1, 0.15) is 6.04 Å². The molecule has 26 heavy (non-hydrogen) atoms. The maximum Gasteiger partial charge on any atom is 0.241 e. The fraction of sp³-hybridized carbons (Fsp3) is 0.375. The summed E-state index contributed by atoms with van der Waals surface area (Å²) in [5.41, 5.74) is 2.87. The van der Waals surface area contributed by atoms with Crippen molar-refractivity contribution in [2.45, 2.75) is 30.8 Å². The fourth-order valence-corrected chi connectivity index (χ4v) is 4.99. The molecule has 1 aromatic carbocycles. The number of carbonyl (C=O) groups excluding carboxylic acids is 1. The molecule has 0 bridgehead atoms. The minimum absolute atomic E-state index is 0.0754. The number of carbonyl (C=O) groups is 1. The van der Waals surface area contributed by atoms with Crippen LogP contribution in [-0.4, -0.2) is 37.4 Å². The molecule has 0 fully saturated rings. The number of hydrogen-bond donors (Lipinski definition) is 2. The summed E-state index contributed by atoms with van der Waals surface area (Å²) >= 11 is 9.01. The second kappa shape index (κ2) is 9.70. The highest BCUT2D eigenvalue weighted by Gasteiger charge is 2.27. The van der Waals surface area contributed by atoms with E-state index in [4.69, 9.17) is 11.6 Å². The van der Waals surface area contributed by atoms with Crippen molar-refractivity contribution < 1.29 is 13.2 Å². The molecule has 1 atom stereocenters. The molecule has 0 aliphatic heterocycles. The van der Waals surface area contributed by atoms with Gasteiger partial charge in [-0.1, -0.05) is 17.7 Å². The Hall–Kier alpha value is -1.13. The molecule has 6 nitrogen and oxygen atoms in total. The van der Waals surface area contributed by atoms with Gasteiger partial charge in [0, 0.05) is 10.4 Å². The Balaban J connectivity index is 2.15. The molecule has 142 valence electrons. The van der Waals surface area contributed by atoms with Crippen molar-refractivity contribution in [2.24, 2.45) is 0 Å². The predicted octanol–water partition coefficient (Wildman–Crippen LogP) is 2.82. The average molecular weight is 434 g/mol. The number of thiazole rings is 1. The van der Waals surface area contributed by atoms with Crippen LogP contribution in [0.25, 0.3) is 0 Å². The van der Waals surface area contributed by atoms with E-state index in [1.54, 1.807) is 36.3 Å². The molecule has 0 spiro atoms. The van der Waals surface area contributed by atoms with Crippen molar-refractivity contribution in [1.29, 1.82) is 0 Å². The zero-order valence-corrected chi connectivity index (χ0v) is 17.6. The zero-order chi connectivity index (χ0) is 19.2. The first-order valence-corrected chi connectivity index (χ1v) is 12.0. The molecule has 0 saturated heterocycles. The normalized spacial score (nSPS) is 12.7. The van der Waals surface area contributed by atoms with Crippen LogP contribution in [0.5, 0.6) is 0 Å². The van der Waals surface area contributed by atoms with Crippen LogP contribution < -0.4 is 10.0 Å². The Bertz CT molecular complexity index is 842. The number of aromatic nitrogens is 1. The molecule has 1 amide bonds. The van der Waals surface area contributed by atoms with Crippen molar-refractivity contribution in [3.8, 4) is 0 Å². The number of benzene rings is 1. The minimum atomic E-state index is -3.88. The Kier molecular flexibility index (Phi) is 7.90. The Morgan fingerprint density at radius 3 is 2.85 bits per heavy atom. The van der Waals surface area contributed by atoms with Crippen LogP contribution in [-0.2, 0) is 21.4 Å². The number of halogens is 1. The van der Waals surface area contributed by atoms with Crippen LogP contribution in [0.4, 0.5) is 0 Å². The van der Waals surface area contributed by atoms with Crippen LogP contribution in [0.1, 0.15) is 17.7 Å². The van der Waals surface area contributed by atoms with E-state index >= 15 is 0 Å². The third-order valence-corrected chi connectivity index (χ3v) is 6.96. The number of sulfonamides is 1. The quantitative estimate of drug-likeness (QED) is 0.634. The Labute approximate surface area is 166 Å². The van der Waals surface area contributed by atoms with Crippen molar-refractivity contribution in [3.63, 3.8) is 0 Å². The van der Waals surface area contributed by atoms with Crippen LogP contribution in [0.3, 0.4) is 0 Å². The molecule has 1 unspecified atom stereocenters. The molecule has 10 heteroatoms. The SMILES string of the molecule is CSCCC(NS(=O)(=O)c1cccc(Cl)c1C)C(=O)NCc1cscn1. The summed E-state index contributed by atoms with van der Waals surface area (Å²) in [5, 5.41) is 4.93. The molecule has 2 aromatic rings. The van der Waals surface area contributed by atoms with Gasteiger partial charge < -0.3 is 5.32 Å². The summed E-state index contributed by atoms with van der Waals surface area (Å²) in [6.07, 6.45) is 2.28. The molecule has 1 heterocycles. The lowest BCUT2D eigenvalue weighted by molar-refractivity contribution is -0.122. The van der Waals surface area contributed by atoms with E-state index in [1.807, 2.05) is 11.6 Å². The standard InChI is InChI=1S/C16H20ClN3O3S3/c1-11-13(17)4-3-5-15(11)26(22,23)20-14(6-7-24-2)16(21)18-8-12-9-25-10-19-12/h3-5,9-10,14,20H,6-8H2,1-2H3,(H,18,21). The number of rotatable bonds is 9. The molecular weight excluding hydrogens is 414 g/mol. The van der Waals surface area contributed by atoms with E-state index in [9.17, 15) is 13.2 Å². The Morgan fingerprint density at radius 2 is 2.19 bits per heavy atom. The monoisotopic (exact) mass is 433 g/mol. The molecule has 0 saturated carbocycles. The van der Waals surface area contributed by atoms with Crippen molar-refractivity contribution in [2.75, 3.05) is 12.0 Å². The van der Waals surface area contributed by atoms with Gasteiger partial charge in [-0.05, 0) is 43.0 Å². The van der Waals surface area contributed by atoms with Crippen molar-refractivity contribution >= 4 is 50.6 Å². The van der Waals surface area contributed by atoms with Gasteiger partial charge in [-0.2, -0.15) is 16.5 Å². The first kappa shape index (κ1) is 21.2. The Morgan fingerprint density at radius 1 is 1.42 bits per heavy atom. The van der Waals surface area contributed by atoms with E-state index in [2.05, 4.69) is 15.0 Å². The highest BCUT2D eigenvalue weighted by molar-refractivity contribution is 7.98. The molecule has 0 aliphatic rings. The lowest BCUT2D eigenvalue weighted by Crippen LogP contribution is -2.46. The second-order valence-corrected chi connectivity index (χ2v) is 9.31. The number of thioether (sulfide) groups is 1. The largest absolute Gasteiger partial charge is 0.349 e. The average Bonchev–Trinajstić information content (AvgIpc) is 3.12. The van der Waals surface area contributed by atoms with E-state index in [0.717, 1.165) is 5.69 Å². The highest BCUT2D eigenvalue weighted by atomic mass is 35.5. The molecule has 0 radical (unpaired) electrons. The van der Waals surface area contributed by atoms with Crippen LogP contribution in [0.2, 0.25) is 5.02 Å². The van der Waals surface area contributed by atoms with Crippen LogP contribution in [0.15, 0.2) is 34.0 Å². The van der Waals surface area contributed by atoms with Crippen molar-refractivity contribution in [1.82, 2.24) is 15.0 Å². The number of nitrogens with zero attached hydrogens (tertiary/aromatic N) is 1. The lowest BCUT2D eigenvalue weighted by Gasteiger charge is -2.19. The number of nitrogens with one attached hydrogen (secondary N) is 2. The van der Waals surface area contributed by atoms with Crippen LogP contribution in [0, 0.1) is 6.92 Å². The van der Waals surface area contributed by atoms with E-state index in [0.29, 0.717) is 22.8 Å². The smallest absolute Gasteiger partial charge is 0.241 e. The lowest BCUT2D eigenvalue weighted by atomic mass is 10.2. The first-order valence-electron chi connectivity index (χ1n) is 7.76. The van der Waals surface area contributed by atoms with E-state index in [-0.39, 0.29) is 17.3 Å². The van der Waals surface area contributed by atoms with Gasteiger partial charge >= 0.3 is 0 Å². The molecule has 2 N–H and O–H groups in total. The third kappa shape index (κ3) is 5.68. The van der Waals surface area contributed by atoms with Gasteiger partial charge in [0.25, 0.3) is 0 Å². The van der Waals surface area contributed by atoms with Gasteiger partial charge in [-0.15, -0.1) is 11.3 Å². The maximum absolute atomic E-state index is 12.7. The fourth-order valence-electron chi connectivity index (χ4n) is 2.23. The summed E-state index contributed by atoms with van der Waals surface area (Å²) in [6.45, 7) is 1.89. The summed E-state index contributed by atoms with van der Waals surface area (Å²) in [7, 11) is -3.88. The topological polar surface area (TPSA) is 88.2 Å². The summed E-state index contributed by atoms with van der Waals surface area (Å²) in [4.78, 5) is 16.7. The molecule has 1 aromatic heterocycles. The van der Waals surface area contributed by atoms with Gasteiger partial charge in [0.2, 0.25) is 15.9 Å². The van der Waals surface area contributed by atoms with Gasteiger partial charge in [-0.3, -0.25) is 4.79 Å². The minimum Gasteiger partial charge on any atom is -0.349 e. The highest BCUT2D eigenvalue weighted by Crippen LogP contribution is 2.23. The van der Waals surface area contributed by atoms with Gasteiger partial charge in [0.15, 0.2) is 0 Å². The van der Waals surface area contributed by atoms with Crippen LogP contribution >= 0.6 is 34.7 Å². The zero-order valence-electron chi connectivity index (χ0n) is 14.4. The van der Waals surface area contributed by atoms with Crippen molar-refractivity contribution in [3.05, 3.63) is 45.4 Å². The molecule has 0 aliphatic carbocycles. The summed E-state index contributed by atoms with van der Waals surface area (Å²) in [5.74, 6) is 0.265. The molecule has 2 rings (SSSR count). The van der Waals surface area contributed by atoms with Gasteiger partial charge in [-0.25, -0.2) is 13.4 Å². The summed E-state index contributed by atoms with van der Waals surface area (Å²) < 4.78 is 28.0.